The van der Waals surface area contributed by atoms with Gasteiger partial charge in [0.2, 0.25) is 0 Å². The number of sulfonamides is 1. The van der Waals surface area contributed by atoms with Crippen LogP contribution in [0.2, 0.25) is 10.0 Å². The van der Waals surface area contributed by atoms with Crippen molar-refractivity contribution in [3.63, 3.8) is 0 Å². The van der Waals surface area contributed by atoms with Gasteiger partial charge >= 0.3 is 0 Å². The highest BCUT2D eigenvalue weighted by Gasteiger charge is 2.18. The fourth-order valence-corrected chi connectivity index (χ4v) is 4.15. The minimum Gasteiger partial charge on any atom is -0.376 e. The van der Waals surface area contributed by atoms with Crippen LogP contribution < -0.4 is 14.9 Å². The van der Waals surface area contributed by atoms with Gasteiger partial charge in [0.05, 0.1) is 16.9 Å². The summed E-state index contributed by atoms with van der Waals surface area (Å²) < 4.78 is 27.6. The summed E-state index contributed by atoms with van der Waals surface area (Å²) in [5, 5.41) is 11.5. The van der Waals surface area contributed by atoms with E-state index < -0.39 is 10.0 Å². The second-order valence-corrected chi connectivity index (χ2v) is 8.57. The highest BCUT2D eigenvalue weighted by Crippen LogP contribution is 2.27. The Labute approximate surface area is 173 Å². The van der Waals surface area contributed by atoms with Gasteiger partial charge in [0, 0.05) is 36.6 Å². The molecule has 146 valence electrons. The maximum atomic E-state index is 12.6. The molecule has 1 aromatic heterocycles. The minimum absolute atomic E-state index is 0.0837. The van der Waals surface area contributed by atoms with Crippen molar-refractivity contribution in [3.05, 3.63) is 64.8 Å². The van der Waals surface area contributed by atoms with E-state index >= 15 is 0 Å². The Balaban J connectivity index is 1.76. The van der Waals surface area contributed by atoms with Crippen molar-refractivity contribution >= 4 is 56.1 Å². The zero-order valence-electron chi connectivity index (χ0n) is 15.0. The average Bonchev–Trinajstić information content (AvgIpc) is 2.65. The molecule has 2 N–H and O–H groups in total. The molecule has 0 unspecified atom stereocenters. The molecule has 28 heavy (non-hydrogen) atoms. The molecule has 0 spiro atoms. The second-order valence-electron chi connectivity index (χ2n) is 6.08. The minimum atomic E-state index is -3.87. The topological polar surface area (TPSA) is 87.2 Å². The van der Waals surface area contributed by atoms with Crippen LogP contribution in [0.25, 0.3) is 0 Å². The van der Waals surface area contributed by atoms with Crippen molar-refractivity contribution in [2.24, 2.45) is 0 Å². The van der Waals surface area contributed by atoms with Crippen molar-refractivity contribution in [1.82, 2.24) is 10.2 Å². The molecule has 0 fully saturated rings. The summed E-state index contributed by atoms with van der Waals surface area (Å²) >= 11 is 11.9. The molecular formula is C18H17Cl2N5O2S. The van der Waals surface area contributed by atoms with Crippen LogP contribution in [0.4, 0.5) is 22.9 Å². The molecule has 0 atom stereocenters. The first-order valence-electron chi connectivity index (χ1n) is 8.09. The summed E-state index contributed by atoms with van der Waals surface area (Å²) in [6, 6.07) is 12.8. The van der Waals surface area contributed by atoms with Crippen molar-refractivity contribution in [1.29, 1.82) is 0 Å². The summed E-state index contributed by atoms with van der Waals surface area (Å²) in [6.45, 7) is 0. The molecule has 1 heterocycles. The third-order valence-corrected chi connectivity index (χ3v) is 5.85. The number of rotatable bonds is 6. The van der Waals surface area contributed by atoms with Gasteiger partial charge in [0.1, 0.15) is 4.90 Å². The molecule has 0 aliphatic heterocycles. The molecule has 0 amide bonds. The number of benzene rings is 2. The quantitative estimate of drug-likeness (QED) is 0.594. The number of halogens is 2. The van der Waals surface area contributed by atoms with Gasteiger partial charge < -0.3 is 10.2 Å². The van der Waals surface area contributed by atoms with E-state index in [-0.39, 0.29) is 14.9 Å². The van der Waals surface area contributed by atoms with Gasteiger partial charge in [-0.15, -0.1) is 5.10 Å². The van der Waals surface area contributed by atoms with Crippen molar-refractivity contribution in [2.45, 2.75) is 4.90 Å². The van der Waals surface area contributed by atoms with Gasteiger partial charge in [-0.05, 0) is 42.5 Å². The van der Waals surface area contributed by atoms with E-state index in [0.29, 0.717) is 11.5 Å². The molecule has 0 saturated carbocycles. The molecule has 0 aliphatic rings. The number of anilines is 4. The summed E-state index contributed by atoms with van der Waals surface area (Å²) in [5.74, 6) is 0.574. The zero-order chi connectivity index (χ0) is 20.3. The van der Waals surface area contributed by atoms with Gasteiger partial charge in [-0.1, -0.05) is 23.2 Å². The van der Waals surface area contributed by atoms with Crippen LogP contribution in [-0.2, 0) is 10.0 Å². The Bertz CT molecular complexity index is 1090. The van der Waals surface area contributed by atoms with Gasteiger partial charge in [-0.3, -0.25) is 4.72 Å². The summed E-state index contributed by atoms with van der Waals surface area (Å²) in [4.78, 5) is 1.83. The predicted molar refractivity (Wildman–Crippen MR) is 113 cm³/mol. The van der Waals surface area contributed by atoms with Crippen LogP contribution in [0.3, 0.4) is 0 Å². The van der Waals surface area contributed by atoms with Crippen molar-refractivity contribution in [2.75, 3.05) is 29.0 Å². The van der Waals surface area contributed by atoms with Gasteiger partial charge in [-0.25, -0.2) is 8.42 Å². The highest BCUT2D eigenvalue weighted by molar-refractivity contribution is 7.92. The number of hydrogen-bond acceptors (Lipinski definition) is 6. The fourth-order valence-electron chi connectivity index (χ4n) is 2.32. The molecule has 0 saturated heterocycles. The van der Waals surface area contributed by atoms with E-state index in [4.69, 9.17) is 23.2 Å². The molecule has 10 heteroatoms. The first kappa shape index (κ1) is 20.2. The second kappa shape index (κ2) is 8.22. The van der Waals surface area contributed by atoms with Crippen LogP contribution in [0.5, 0.6) is 0 Å². The smallest absolute Gasteiger partial charge is 0.263 e. The Morgan fingerprint density at radius 3 is 2.32 bits per heavy atom. The average molecular weight is 438 g/mol. The Kier molecular flexibility index (Phi) is 5.93. The van der Waals surface area contributed by atoms with Crippen LogP contribution in [0.1, 0.15) is 0 Å². The van der Waals surface area contributed by atoms with E-state index in [0.717, 1.165) is 11.4 Å². The largest absolute Gasteiger partial charge is 0.376 e. The van der Waals surface area contributed by atoms with Crippen LogP contribution in [0.15, 0.2) is 59.6 Å². The molecule has 3 aromatic rings. The molecule has 3 rings (SSSR count). The summed E-state index contributed by atoms with van der Waals surface area (Å²) in [6.07, 6.45) is 1.66. The SMILES string of the molecule is CN(C)c1cnnc(Nc2ccc(NS(=O)(=O)c3cc(Cl)ccc3Cl)cc2)c1. The standard InChI is InChI=1S/C18H17Cl2N5O2S/c1-25(2)15-10-18(23-21-11-15)22-13-4-6-14(7-5-13)24-28(26,27)17-9-12(19)3-8-16(17)20/h3-11,24H,1-2H3,(H,22,23). The highest BCUT2D eigenvalue weighted by atomic mass is 35.5. The van der Waals surface area contributed by atoms with Crippen LogP contribution in [-0.4, -0.2) is 32.7 Å². The first-order chi connectivity index (χ1) is 13.2. The van der Waals surface area contributed by atoms with Gasteiger partial charge in [-0.2, -0.15) is 5.10 Å². The summed E-state index contributed by atoms with van der Waals surface area (Å²) in [7, 11) is -0.0469. The van der Waals surface area contributed by atoms with Crippen LogP contribution in [0, 0.1) is 0 Å². The van der Waals surface area contributed by atoms with E-state index in [1.165, 1.54) is 18.2 Å². The molecule has 0 radical (unpaired) electrons. The maximum Gasteiger partial charge on any atom is 0.263 e. The van der Waals surface area contributed by atoms with Crippen molar-refractivity contribution in [3.8, 4) is 0 Å². The van der Waals surface area contributed by atoms with E-state index in [2.05, 4.69) is 20.2 Å². The third kappa shape index (κ3) is 4.83. The Morgan fingerprint density at radius 1 is 0.964 bits per heavy atom. The molecule has 0 bridgehead atoms. The number of nitrogens with zero attached hydrogens (tertiary/aromatic N) is 3. The lowest BCUT2D eigenvalue weighted by Gasteiger charge is -2.13. The van der Waals surface area contributed by atoms with E-state index in [9.17, 15) is 8.42 Å². The van der Waals surface area contributed by atoms with Crippen LogP contribution >= 0.6 is 23.2 Å². The number of nitrogens with one attached hydrogen (secondary N) is 2. The lowest BCUT2D eigenvalue weighted by atomic mass is 10.3. The fraction of sp³-hybridized carbons (Fsp3) is 0.111. The van der Waals surface area contributed by atoms with Crippen molar-refractivity contribution < 1.29 is 8.42 Å². The molecule has 0 aliphatic carbocycles. The summed E-state index contributed by atoms with van der Waals surface area (Å²) in [5.41, 5.74) is 2.02. The molecule has 2 aromatic carbocycles. The zero-order valence-corrected chi connectivity index (χ0v) is 17.3. The van der Waals surface area contributed by atoms with Gasteiger partial charge in [0.25, 0.3) is 10.0 Å². The lowest BCUT2D eigenvalue weighted by Crippen LogP contribution is -2.13. The molecule has 7 nitrogen and oxygen atoms in total. The van der Waals surface area contributed by atoms with Gasteiger partial charge in [0.15, 0.2) is 5.82 Å². The maximum absolute atomic E-state index is 12.6. The predicted octanol–water partition coefficient (Wildman–Crippen LogP) is 4.39. The Hall–Kier alpha value is -2.55. The normalized spacial score (nSPS) is 11.1. The lowest BCUT2D eigenvalue weighted by molar-refractivity contribution is 0.601. The number of hydrogen-bond donors (Lipinski definition) is 2. The molecular weight excluding hydrogens is 421 g/mol. The third-order valence-electron chi connectivity index (χ3n) is 3.75. The van der Waals surface area contributed by atoms with E-state index in [1.807, 2.05) is 25.1 Å². The van der Waals surface area contributed by atoms with E-state index in [1.54, 1.807) is 30.5 Å². The monoisotopic (exact) mass is 437 g/mol. The number of aromatic nitrogens is 2. The first-order valence-corrected chi connectivity index (χ1v) is 10.3. The Morgan fingerprint density at radius 2 is 1.64 bits per heavy atom.